The topological polar surface area (TPSA) is 111 Å². The number of halogens is 1. The van der Waals surface area contributed by atoms with Crippen molar-refractivity contribution in [1.82, 2.24) is 31.0 Å². The molecule has 0 bridgehead atoms. The van der Waals surface area contributed by atoms with Crippen LogP contribution in [0.15, 0.2) is 18.5 Å². The molecular weight excluding hydrogens is 339 g/mol. The summed E-state index contributed by atoms with van der Waals surface area (Å²) in [4.78, 5) is 19.3. The molecular formula is C16H25FN8O. The number of rotatable bonds is 3. The number of hydrogen-bond acceptors (Lipinski definition) is 8. The fourth-order valence-corrected chi connectivity index (χ4v) is 3.99. The van der Waals surface area contributed by atoms with Gasteiger partial charge < -0.3 is 16.4 Å². The average Bonchev–Trinajstić information content (AvgIpc) is 3.17. The molecule has 3 aliphatic rings. The number of aromatic nitrogens is 1. The van der Waals surface area contributed by atoms with Gasteiger partial charge in [-0.3, -0.25) is 20.0 Å². The van der Waals surface area contributed by atoms with E-state index in [0.717, 1.165) is 18.8 Å². The predicted molar refractivity (Wildman–Crippen MR) is 94.2 cm³/mol. The SMILES string of the molecule is CN1CNCC1c1ccncc1NC(=O)C1C(N)NN2CC(F)CNC12. The van der Waals surface area contributed by atoms with E-state index in [0.29, 0.717) is 5.69 Å². The van der Waals surface area contributed by atoms with Gasteiger partial charge in [0.05, 0.1) is 36.2 Å². The number of carbonyl (C=O) groups excluding carboxylic acids is 1. The molecule has 1 aromatic rings. The zero-order valence-electron chi connectivity index (χ0n) is 14.7. The Labute approximate surface area is 151 Å². The minimum absolute atomic E-state index is 0.167. The van der Waals surface area contributed by atoms with Crippen LogP contribution in [0.2, 0.25) is 0 Å². The van der Waals surface area contributed by atoms with Gasteiger partial charge in [0.15, 0.2) is 0 Å². The summed E-state index contributed by atoms with van der Waals surface area (Å²) < 4.78 is 13.6. The molecule has 0 aliphatic carbocycles. The summed E-state index contributed by atoms with van der Waals surface area (Å²) in [7, 11) is 2.03. The number of hydrazine groups is 1. The Balaban J connectivity index is 1.52. The lowest BCUT2D eigenvalue weighted by atomic mass is 10.0. The maximum Gasteiger partial charge on any atom is 0.233 e. The molecule has 3 saturated heterocycles. The normalized spacial score (nSPS) is 35.4. The number of alkyl halides is 1. The molecule has 1 amide bonds. The van der Waals surface area contributed by atoms with Crippen LogP contribution in [0.5, 0.6) is 0 Å². The molecule has 3 aliphatic heterocycles. The van der Waals surface area contributed by atoms with Gasteiger partial charge in [0.25, 0.3) is 0 Å². The van der Waals surface area contributed by atoms with Crippen molar-refractivity contribution in [1.29, 1.82) is 0 Å². The van der Waals surface area contributed by atoms with E-state index in [-0.39, 0.29) is 31.2 Å². The minimum Gasteiger partial charge on any atom is -0.324 e. The highest BCUT2D eigenvalue weighted by molar-refractivity contribution is 5.94. The van der Waals surface area contributed by atoms with Gasteiger partial charge in [-0.25, -0.2) is 14.8 Å². The Hall–Kier alpha value is -1.69. The highest BCUT2D eigenvalue weighted by Gasteiger charge is 2.47. The van der Waals surface area contributed by atoms with Crippen LogP contribution in [0.25, 0.3) is 0 Å². The molecule has 1 aromatic heterocycles. The summed E-state index contributed by atoms with van der Waals surface area (Å²) >= 11 is 0. The fraction of sp³-hybridized carbons (Fsp3) is 0.625. The molecule has 5 unspecified atom stereocenters. The maximum atomic E-state index is 13.6. The van der Waals surface area contributed by atoms with E-state index in [1.165, 1.54) is 0 Å². The Bertz CT molecular complexity index is 675. The second-order valence-electron chi connectivity index (χ2n) is 7.12. The molecule has 0 spiro atoms. The molecule has 9 nitrogen and oxygen atoms in total. The van der Waals surface area contributed by atoms with Gasteiger partial charge in [-0.05, 0) is 18.7 Å². The first-order valence-corrected chi connectivity index (χ1v) is 8.86. The standard InChI is InChI=1S/C16H25FN8O/c1-24-8-20-6-12(24)10-2-3-19-5-11(10)22-16(26)13-14(18)23-25-7-9(17)4-21-15(13)25/h2-3,5,9,12-15,20-21,23H,4,6-8,18H2,1H3,(H,22,26). The molecule has 4 heterocycles. The predicted octanol–water partition coefficient (Wildman–Crippen LogP) is -1.46. The van der Waals surface area contributed by atoms with Crippen molar-refractivity contribution >= 4 is 11.6 Å². The van der Waals surface area contributed by atoms with Crippen LogP contribution in [0.4, 0.5) is 10.1 Å². The van der Waals surface area contributed by atoms with Crippen molar-refractivity contribution in [3.63, 3.8) is 0 Å². The number of amides is 1. The third-order valence-corrected chi connectivity index (χ3v) is 5.33. The fourth-order valence-electron chi connectivity index (χ4n) is 3.99. The highest BCUT2D eigenvalue weighted by atomic mass is 19.1. The van der Waals surface area contributed by atoms with Crippen LogP contribution < -0.4 is 27.1 Å². The summed E-state index contributed by atoms with van der Waals surface area (Å²) in [5, 5.41) is 11.1. The van der Waals surface area contributed by atoms with Crippen LogP contribution in [0.1, 0.15) is 11.6 Å². The van der Waals surface area contributed by atoms with Gasteiger partial charge in [-0.15, -0.1) is 0 Å². The van der Waals surface area contributed by atoms with Gasteiger partial charge >= 0.3 is 0 Å². The molecule has 6 N–H and O–H groups in total. The third kappa shape index (κ3) is 3.20. The Morgan fingerprint density at radius 3 is 3.08 bits per heavy atom. The van der Waals surface area contributed by atoms with Crippen molar-refractivity contribution in [3.8, 4) is 0 Å². The number of carbonyl (C=O) groups is 1. The van der Waals surface area contributed by atoms with Crippen LogP contribution in [-0.2, 0) is 4.79 Å². The maximum absolute atomic E-state index is 13.6. The van der Waals surface area contributed by atoms with Crippen LogP contribution in [-0.4, -0.2) is 72.7 Å². The molecule has 10 heteroatoms. The lowest BCUT2D eigenvalue weighted by Gasteiger charge is -2.33. The zero-order valence-corrected chi connectivity index (χ0v) is 14.7. The van der Waals surface area contributed by atoms with Gasteiger partial charge in [0, 0.05) is 32.5 Å². The molecule has 3 fully saturated rings. The van der Waals surface area contributed by atoms with Crippen LogP contribution in [0, 0.1) is 5.92 Å². The number of hydrogen-bond donors (Lipinski definition) is 5. The Morgan fingerprint density at radius 2 is 2.31 bits per heavy atom. The number of nitrogens with one attached hydrogen (secondary N) is 4. The summed E-state index contributed by atoms with van der Waals surface area (Å²) in [6.07, 6.45) is 1.51. The molecule has 5 atom stereocenters. The molecule has 0 radical (unpaired) electrons. The monoisotopic (exact) mass is 364 g/mol. The smallest absolute Gasteiger partial charge is 0.233 e. The van der Waals surface area contributed by atoms with E-state index in [4.69, 9.17) is 5.73 Å². The van der Waals surface area contributed by atoms with Crippen molar-refractivity contribution in [2.24, 2.45) is 11.7 Å². The molecule has 4 rings (SSSR count). The quantitative estimate of drug-likeness (QED) is 0.443. The largest absolute Gasteiger partial charge is 0.324 e. The van der Waals surface area contributed by atoms with E-state index in [2.05, 4.69) is 31.3 Å². The summed E-state index contributed by atoms with van der Waals surface area (Å²) in [5.74, 6) is -0.736. The van der Waals surface area contributed by atoms with Gasteiger partial charge in [0.1, 0.15) is 6.17 Å². The summed E-state index contributed by atoms with van der Waals surface area (Å²) in [5.41, 5.74) is 10.8. The number of nitrogens with zero attached hydrogens (tertiary/aromatic N) is 3. The van der Waals surface area contributed by atoms with Crippen LogP contribution in [0.3, 0.4) is 0 Å². The van der Waals surface area contributed by atoms with E-state index in [1.807, 2.05) is 13.1 Å². The molecule has 142 valence electrons. The number of fused-ring (bicyclic) bond motifs is 1. The number of likely N-dealkylation sites (N-methyl/N-ethyl adjacent to an activating group) is 1. The van der Waals surface area contributed by atoms with Crippen molar-refractivity contribution in [2.45, 2.75) is 24.5 Å². The summed E-state index contributed by atoms with van der Waals surface area (Å²) in [6, 6.07) is 2.09. The number of pyridine rings is 1. The Kier molecular flexibility index (Phi) is 4.86. The Morgan fingerprint density at radius 1 is 1.46 bits per heavy atom. The van der Waals surface area contributed by atoms with E-state index >= 15 is 0 Å². The van der Waals surface area contributed by atoms with Gasteiger partial charge in [-0.1, -0.05) is 0 Å². The van der Waals surface area contributed by atoms with Gasteiger partial charge in [0.2, 0.25) is 5.91 Å². The lowest BCUT2D eigenvalue weighted by molar-refractivity contribution is -0.121. The van der Waals surface area contributed by atoms with Gasteiger partial charge in [-0.2, -0.15) is 0 Å². The average molecular weight is 364 g/mol. The first kappa shape index (κ1) is 17.7. The molecule has 0 saturated carbocycles. The number of nitrogens with two attached hydrogens (primary N) is 1. The summed E-state index contributed by atoms with van der Waals surface area (Å²) in [6.45, 7) is 2.04. The van der Waals surface area contributed by atoms with Crippen molar-refractivity contribution in [2.75, 3.05) is 38.7 Å². The van der Waals surface area contributed by atoms with E-state index < -0.39 is 18.3 Å². The molecule has 26 heavy (non-hydrogen) atoms. The highest BCUT2D eigenvalue weighted by Crippen LogP contribution is 2.29. The molecule has 0 aromatic carbocycles. The zero-order chi connectivity index (χ0) is 18.3. The van der Waals surface area contributed by atoms with E-state index in [9.17, 15) is 9.18 Å². The third-order valence-electron chi connectivity index (χ3n) is 5.33. The van der Waals surface area contributed by atoms with Crippen molar-refractivity contribution < 1.29 is 9.18 Å². The lowest BCUT2D eigenvalue weighted by Crippen LogP contribution is -2.58. The second-order valence-corrected chi connectivity index (χ2v) is 7.12. The first-order chi connectivity index (χ1) is 12.5. The van der Waals surface area contributed by atoms with E-state index in [1.54, 1.807) is 17.4 Å². The minimum atomic E-state index is -0.983. The first-order valence-electron chi connectivity index (χ1n) is 8.86. The van der Waals surface area contributed by atoms with Crippen molar-refractivity contribution in [3.05, 3.63) is 24.0 Å². The second kappa shape index (κ2) is 7.14. The number of anilines is 1. The van der Waals surface area contributed by atoms with Crippen LogP contribution >= 0.6 is 0 Å².